The van der Waals surface area contributed by atoms with E-state index in [9.17, 15) is 4.79 Å². The quantitative estimate of drug-likeness (QED) is 0.666. The van der Waals surface area contributed by atoms with Crippen LogP contribution in [-0.4, -0.2) is 39.8 Å². The molecule has 1 fully saturated rings. The lowest BCUT2D eigenvalue weighted by molar-refractivity contribution is -0.111. The second-order valence-corrected chi connectivity index (χ2v) is 6.97. The third-order valence-electron chi connectivity index (χ3n) is 4.88. The lowest BCUT2D eigenvalue weighted by Gasteiger charge is -2.22. The zero-order chi connectivity index (χ0) is 20.5. The highest BCUT2D eigenvalue weighted by Crippen LogP contribution is 2.28. The van der Waals surface area contributed by atoms with E-state index in [-0.39, 0.29) is 5.91 Å². The monoisotopic (exact) mass is 396 g/mol. The molecule has 1 aliphatic rings. The first kappa shape index (κ1) is 20.7. The fourth-order valence-electron chi connectivity index (χ4n) is 3.24. The first-order valence-corrected chi connectivity index (χ1v) is 9.82. The van der Waals surface area contributed by atoms with Gasteiger partial charge in [-0.2, -0.15) is 0 Å². The molecule has 0 unspecified atom stereocenters. The minimum absolute atomic E-state index is 0.213. The van der Waals surface area contributed by atoms with Crippen LogP contribution in [0.1, 0.15) is 18.4 Å². The first-order valence-electron chi connectivity index (χ1n) is 9.82. The van der Waals surface area contributed by atoms with Crippen LogP contribution in [0.3, 0.4) is 0 Å². The summed E-state index contributed by atoms with van der Waals surface area (Å²) >= 11 is 0. The smallest absolute Gasteiger partial charge is 0.248 e. The number of hydrogen-bond donors (Lipinski definition) is 2. The number of piperidine rings is 1. The van der Waals surface area contributed by atoms with Crippen molar-refractivity contribution in [2.45, 2.75) is 12.8 Å². The minimum atomic E-state index is -0.213. The highest BCUT2D eigenvalue weighted by molar-refractivity contribution is 6.02. The van der Waals surface area contributed by atoms with Gasteiger partial charge < -0.3 is 24.8 Å². The summed E-state index contributed by atoms with van der Waals surface area (Å²) in [7, 11) is 3.17. The normalized spacial score (nSPS) is 14.6. The molecule has 0 aromatic heterocycles. The van der Waals surface area contributed by atoms with Crippen LogP contribution in [0.2, 0.25) is 0 Å². The van der Waals surface area contributed by atoms with Crippen molar-refractivity contribution in [2.24, 2.45) is 5.92 Å². The molecule has 1 amide bonds. The summed E-state index contributed by atoms with van der Waals surface area (Å²) in [6.07, 6.45) is 5.49. The van der Waals surface area contributed by atoms with Crippen molar-refractivity contribution in [3.63, 3.8) is 0 Å². The second kappa shape index (κ2) is 10.5. The van der Waals surface area contributed by atoms with Gasteiger partial charge in [-0.3, -0.25) is 4.79 Å². The predicted octanol–water partition coefficient (Wildman–Crippen LogP) is 3.73. The van der Waals surface area contributed by atoms with Gasteiger partial charge in [0.15, 0.2) is 11.5 Å². The van der Waals surface area contributed by atoms with Crippen molar-refractivity contribution in [3.8, 4) is 17.2 Å². The van der Waals surface area contributed by atoms with Crippen molar-refractivity contribution in [3.05, 3.63) is 54.1 Å². The molecule has 1 saturated heterocycles. The van der Waals surface area contributed by atoms with Gasteiger partial charge in [-0.05, 0) is 67.8 Å². The summed E-state index contributed by atoms with van der Waals surface area (Å²) in [4.78, 5) is 12.3. The number of nitrogens with one attached hydrogen (secondary N) is 2. The molecule has 6 heteroatoms. The molecule has 0 bridgehead atoms. The van der Waals surface area contributed by atoms with Crippen LogP contribution < -0.4 is 24.8 Å². The molecule has 3 rings (SSSR count). The maximum absolute atomic E-state index is 12.3. The summed E-state index contributed by atoms with van der Waals surface area (Å²) < 4.78 is 16.4. The number of anilines is 1. The summed E-state index contributed by atoms with van der Waals surface area (Å²) in [5.74, 6) is 2.41. The van der Waals surface area contributed by atoms with E-state index in [1.807, 2.05) is 36.4 Å². The van der Waals surface area contributed by atoms with Gasteiger partial charge in [0, 0.05) is 17.8 Å². The van der Waals surface area contributed by atoms with Gasteiger partial charge in [-0.1, -0.05) is 12.1 Å². The van der Waals surface area contributed by atoms with Gasteiger partial charge >= 0.3 is 0 Å². The van der Waals surface area contributed by atoms with Crippen LogP contribution >= 0.6 is 0 Å². The number of amides is 1. The van der Waals surface area contributed by atoms with Crippen molar-refractivity contribution in [2.75, 3.05) is 39.2 Å². The maximum Gasteiger partial charge on any atom is 0.248 e. The Morgan fingerprint density at radius 1 is 1.10 bits per heavy atom. The number of carbonyl (C=O) groups excluding carboxylic acids is 1. The van der Waals surface area contributed by atoms with Gasteiger partial charge in [-0.15, -0.1) is 0 Å². The molecule has 0 aliphatic carbocycles. The Bertz CT molecular complexity index is 845. The topological polar surface area (TPSA) is 68.8 Å². The third kappa shape index (κ3) is 6.26. The third-order valence-corrected chi connectivity index (χ3v) is 4.88. The molecule has 154 valence electrons. The Morgan fingerprint density at radius 3 is 2.66 bits per heavy atom. The number of rotatable bonds is 8. The number of methoxy groups -OCH3 is 2. The second-order valence-electron chi connectivity index (χ2n) is 6.97. The number of benzene rings is 2. The molecule has 2 aromatic rings. The van der Waals surface area contributed by atoms with Gasteiger partial charge in [0.25, 0.3) is 0 Å². The van der Waals surface area contributed by atoms with Crippen molar-refractivity contribution in [1.82, 2.24) is 5.32 Å². The van der Waals surface area contributed by atoms with E-state index in [1.54, 1.807) is 26.4 Å². The van der Waals surface area contributed by atoms with E-state index in [1.165, 1.54) is 6.08 Å². The van der Waals surface area contributed by atoms with Crippen molar-refractivity contribution in [1.29, 1.82) is 0 Å². The molecular weight excluding hydrogens is 368 g/mol. The highest BCUT2D eigenvalue weighted by atomic mass is 16.5. The predicted molar refractivity (Wildman–Crippen MR) is 115 cm³/mol. The van der Waals surface area contributed by atoms with E-state index >= 15 is 0 Å². The summed E-state index contributed by atoms with van der Waals surface area (Å²) in [6, 6.07) is 13.0. The molecule has 6 nitrogen and oxygen atoms in total. The van der Waals surface area contributed by atoms with E-state index < -0.39 is 0 Å². The summed E-state index contributed by atoms with van der Waals surface area (Å²) in [5, 5.41) is 6.23. The van der Waals surface area contributed by atoms with E-state index in [0.29, 0.717) is 29.7 Å². The Balaban J connectivity index is 1.55. The molecule has 0 spiro atoms. The summed E-state index contributed by atoms with van der Waals surface area (Å²) in [5.41, 5.74) is 1.55. The summed E-state index contributed by atoms with van der Waals surface area (Å²) in [6.45, 7) is 2.81. The van der Waals surface area contributed by atoms with Crippen molar-refractivity contribution >= 4 is 17.7 Å². The number of carbonyl (C=O) groups is 1. The largest absolute Gasteiger partial charge is 0.493 e. The highest BCUT2D eigenvalue weighted by Gasteiger charge is 2.13. The fraction of sp³-hybridized carbons (Fsp3) is 0.348. The Morgan fingerprint density at radius 2 is 1.90 bits per heavy atom. The number of ether oxygens (including phenoxy) is 3. The van der Waals surface area contributed by atoms with E-state index in [0.717, 1.165) is 37.2 Å². The Hall–Kier alpha value is -2.99. The minimum Gasteiger partial charge on any atom is -0.493 e. The molecular formula is C23H28N2O4. The average molecular weight is 396 g/mol. The number of hydrogen-bond acceptors (Lipinski definition) is 5. The van der Waals surface area contributed by atoms with Crippen LogP contribution in [0.5, 0.6) is 17.2 Å². The molecule has 2 aromatic carbocycles. The zero-order valence-electron chi connectivity index (χ0n) is 16.9. The van der Waals surface area contributed by atoms with E-state index in [2.05, 4.69) is 10.6 Å². The molecule has 1 aliphatic heterocycles. The van der Waals surface area contributed by atoms with Crippen LogP contribution in [0.15, 0.2) is 48.5 Å². The fourth-order valence-corrected chi connectivity index (χ4v) is 3.24. The molecule has 1 heterocycles. The van der Waals surface area contributed by atoms with Crippen molar-refractivity contribution < 1.29 is 19.0 Å². The zero-order valence-corrected chi connectivity index (χ0v) is 16.9. The lowest BCUT2D eigenvalue weighted by atomic mass is 9.99. The van der Waals surface area contributed by atoms with Gasteiger partial charge in [-0.25, -0.2) is 0 Å². The van der Waals surface area contributed by atoms with Crippen LogP contribution in [0.25, 0.3) is 6.08 Å². The van der Waals surface area contributed by atoms with Gasteiger partial charge in [0.1, 0.15) is 5.75 Å². The first-order chi connectivity index (χ1) is 14.2. The Labute approximate surface area is 171 Å². The SMILES string of the molecule is COc1ccc(C=CC(=O)Nc2cccc(OCC3CCNCC3)c2)cc1OC. The van der Waals surface area contributed by atoms with Gasteiger partial charge in [0.05, 0.1) is 20.8 Å². The van der Waals surface area contributed by atoms with Crippen LogP contribution in [-0.2, 0) is 4.79 Å². The molecule has 2 N–H and O–H groups in total. The van der Waals surface area contributed by atoms with Crippen LogP contribution in [0.4, 0.5) is 5.69 Å². The molecule has 0 radical (unpaired) electrons. The molecule has 0 atom stereocenters. The van der Waals surface area contributed by atoms with Crippen LogP contribution in [0, 0.1) is 5.92 Å². The molecule has 0 saturated carbocycles. The van der Waals surface area contributed by atoms with E-state index in [4.69, 9.17) is 14.2 Å². The standard InChI is InChI=1S/C23H28N2O4/c1-27-21-8-6-17(14-22(21)28-2)7-9-23(26)25-19-4-3-5-20(15-19)29-16-18-10-12-24-13-11-18/h3-9,14-15,18,24H,10-13,16H2,1-2H3,(H,25,26). The lowest BCUT2D eigenvalue weighted by Crippen LogP contribution is -2.30. The maximum atomic E-state index is 12.3. The molecule has 29 heavy (non-hydrogen) atoms. The Kier molecular flexibility index (Phi) is 7.53. The average Bonchev–Trinajstić information content (AvgIpc) is 2.77. The van der Waals surface area contributed by atoms with Gasteiger partial charge in [0.2, 0.25) is 5.91 Å².